The molecule has 2 unspecified atom stereocenters. The molecule has 0 radical (unpaired) electrons. The highest BCUT2D eigenvalue weighted by Crippen LogP contribution is 2.30. The first-order valence-corrected chi connectivity index (χ1v) is 6.85. The molecule has 1 aromatic carbocycles. The molecule has 0 spiro atoms. The highest BCUT2D eigenvalue weighted by atomic mass is 16.5. The first-order valence-electron chi connectivity index (χ1n) is 6.85. The van der Waals surface area contributed by atoms with Gasteiger partial charge in [0.15, 0.2) is 0 Å². The predicted octanol–water partition coefficient (Wildman–Crippen LogP) is 1.58. The number of nitrogens with one attached hydrogen (secondary N) is 1. The molecule has 4 nitrogen and oxygen atoms in total. The van der Waals surface area contributed by atoms with Gasteiger partial charge in [-0.25, -0.2) is 0 Å². The van der Waals surface area contributed by atoms with E-state index in [9.17, 15) is 9.90 Å². The van der Waals surface area contributed by atoms with Crippen molar-refractivity contribution in [2.24, 2.45) is 0 Å². The summed E-state index contributed by atoms with van der Waals surface area (Å²) in [5, 5.41) is 12.9. The number of aliphatic hydroxyl groups excluding tert-OH is 1. The molecule has 2 N–H and O–H groups in total. The third kappa shape index (κ3) is 3.55. The van der Waals surface area contributed by atoms with Gasteiger partial charge in [-0.05, 0) is 17.5 Å². The lowest BCUT2D eigenvalue weighted by Gasteiger charge is -2.17. The molecule has 0 saturated carbocycles. The summed E-state index contributed by atoms with van der Waals surface area (Å²) in [6, 6.07) is 7.51. The van der Waals surface area contributed by atoms with Crippen LogP contribution >= 0.6 is 0 Å². The SMILES string of the molecule is CCCCOCC(=O)NC1c2ccccc2CC1O. The molecule has 104 valence electrons. The summed E-state index contributed by atoms with van der Waals surface area (Å²) in [5.74, 6) is -0.170. The Bertz CT molecular complexity index is 433. The molecular formula is C15H21NO3. The maximum atomic E-state index is 11.8. The van der Waals surface area contributed by atoms with Crippen molar-refractivity contribution in [1.82, 2.24) is 5.32 Å². The van der Waals surface area contributed by atoms with Crippen molar-refractivity contribution in [1.29, 1.82) is 0 Å². The average Bonchev–Trinajstić information content (AvgIpc) is 2.72. The Hall–Kier alpha value is -1.39. The first kappa shape index (κ1) is 14.0. The number of ether oxygens (including phenoxy) is 1. The summed E-state index contributed by atoms with van der Waals surface area (Å²) in [6.07, 6.45) is 2.06. The third-order valence-corrected chi connectivity index (χ3v) is 3.40. The highest BCUT2D eigenvalue weighted by molar-refractivity contribution is 5.78. The topological polar surface area (TPSA) is 58.6 Å². The Morgan fingerprint density at radius 2 is 2.26 bits per heavy atom. The number of unbranched alkanes of at least 4 members (excludes halogenated alkanes) is 1. The second-order valence-corrected chi connectivity index (χ2v) is 4.92. The quantitative estimate of drug-likeness (QED) is 0.766. The maximum Gasteiger partial charge on any atom is 0.246 e. The molecule has 0 aliphatic heterocycles. The van der Waals surface area contributed by atoms with Crippen LogP contribution in [0.5, 0.6) is 0 Å². The molecule has 0 saturated heterocycles. The van der Waals surface area contributed by atoms with Gasteiger partial charge in [-0.1, -0.05) is 37.6 Å². The summed E-state index contributed by atoms with van der Waals surface area (Å²) >= 11 is 0. The van der Waals surface area contributed by atoms with Gasteiger partial charge in [-0.3, -0.25) is 4.79 Å². The van der Waals surface area contributed by atoms with Gasteiger partial charge in [0.2, 0.25) is 5.91 Å². The fourth-order valence-corrected chi connectivity index (χ4v) is 2.37. The van der Waals surface area contributed by atoms with Crippen LogP contribution in [0.3, 0.4) is 0 Å². The highest BCUT2D eigenvalue weighted by Gasteiger charge is 2.31. The number of fused-ring (bicyclic) bond motifs is 1. The molecule has 1 aliphatic carbocycles. The predicted molar refractivity (Wildman–Crippen MR) is 72.8 cm³/mol. The van der Waals surface area contributed by atoms with Crippen LogP contribution in [0.1, 0.15) is 36.9 Å². The van der Waals surface area contributed by atoms with E-state index in [-0.39, 0.29) is 18.6 Å². The van der Waals surface area contributed by atoms with E-state index in [0.717, 1.165) is 24.0 Å². The van der Waals surface area contributed by atoms with E-state index in [1.165, 1.54) is 0 Å². The summed E-state index contributed by atoms with van der Waals surface area (Å²) in [4.78, 5) is 11.8. The fourth-order valence-electron chi connectivity index (χ4n) is 2.37. The molecule has 1 aliphatic rings. The molecule has 0 fully saturated rings. The van der Waals surface area contributed by atoms with Gasteiger partial charge >= 0.3 is 0 Å². The summed E-state index contributed by atoms with van der Waals surface area (Å²) in [7, 11) is 0. The van der Waals surface area contributed by atoms with Crippen molar-refractivity contribution in [2.45, 2.75) is 38.3 Å². The van der Waals surface area contributed by atoms with Crippen LogP contribution in [-0.2, 0) is 16.0 Å². The van der Waals surface area contributed by atoms with E-state index in [0.29, 0.717) is 13.0 Å². The number of rotatable bonds is 6. The zero-order valence-electron chi connectivity index (χ0n) is 11.3. The van der Waals surface area contributed by atoms with Gasteiger partial charge < -0.3 is 15.2 Å². The standard InChI is InChI=1S/C15H21NO3/c1-2-3-8-19-10-14(18)16-15-12-7-5-4-6-11(12)9-13(15)17/h4-7,13,15,17H,2-3,8-10H2,1H3,(H,16,18). The van der Waals surface area contributed by atoms with E-state index in [1.807, 2.05) is 24.3 Å². The van der Waals surface area contributed by atoms with Crippen molar-refractivity contribution < 1.29 is 14.6 Å². The minimum absolute atomic E-state index is 0.0609. The van der Waals surface area contributed by atoms with Gasteiger partial charge in [0, 0.05) is 13.0 Å². The second-order valence-electron chi connectivity index (χ2n) is 4.92. The Labute approximate surface area is 113 Å². The maximum absolute atomic E-state index is 11.8. The van der Waals surface area contributed by atoms with Crippen LogP contribution < -0.4 is 5.32 Å². The lowest BCUT2D eigenvalue weighted by Crippen LogP contribution is -2.36. The Morgan fingerprint density at radius 3 is 3.05 bits per heavy atom. The molecule has 1 amide bonds. The van der Waals surface area contributed by atoms with Crippen LogP contribution in [-0.4, -0.2) is 30.3 Å². The lowest BCUT2D eigenvalue weighted by molar-refractivity contribution is -0.127. The van der Waals surface area contributed by atoms with Gasteiger partial charge in [0.05, 0.1) is 12.1 Å². The smallest absolute Gasteiger partial charge is 0.246 e. The Morgan fingerprint density at radius 1 is 1.47 bits per heavy atom. The van der Waals surface area contributed by atoms with Crippen LogP contribution in [0, 0.1) is 0 Å². The van der Waals surface area contributed by atoms with E-state index in [1.54, 1.807) is 0 Å². The Kier molecular flexibility index (Phi) is 4.93. The van der Waals surface area contributed by atoms with Crippen molar-refractivity contribution in [3.05, 3.63) is 35.4 Å². The normalized spacial score (nSPS) is 21.2. The van der Waals surface area contributed by atoms with Gasteiger partial charge in [-0.15, -0.1) is 0 Å². The summed E-state index contributed by atoms with van der Waals surface area (Å²) in [6.45, 7) is 2.74. The third-order valence-electron chi connectivity index (χ3n) is 3.40. The molecule has 4 heteroatoms. The van der Waals surface area contributed by atoms with Crippen LogP contribution in [0.15, 0.2) is 24.3 Å². The van der Waals surface area contributed by atoms with Crippen molar-refractivity contribution >= 4 is 5.91 Å². The molecule has 0 aromatic heterocycles. The Balaban J connectivity index is 1.87. The van der Waals surface area contributed by atoms with Gasteiger partial charge in [0.25, 0.3) is 0 Å². The summed E-state index contributed by atoms with van der Waals surface area (Å²) in [5.41, 5.74) is 2.11. The number of carbonyl (C=O) groups is 1. The molecular weight excluding hydrogens is 242 g/mol. The van der Waals surface area contributed by atoms with Gasteiger partial charge in [-0.2, -0.15) is 0 Å². The monoisotopic (exact) mass is 263 g/mol. The molecule has 0 bridgehead atoms. The zero-order valence-corrected chi connectivity index (χ0v) is 11.3. The molecule has 0 heterocycles. The van der Waals surface area contributed by atoms with Crippen molar-refractivity contribution in [3.63, 3.8) is 0 Å². The molecule has 2 atom stereocenters. The van der Waals surface area contributed by atoms with Crippen LogP contribution in [0.25, 0.3) is 0 Å². The van der Waals surface area contributed by atoms with Crippen molar-refractivity contribution in [2.75, 3.05) is 13.2 Å². The van der Waals surface area contributed by atoms with Crippen molar-refractivity contribution in [3.8, 4) is 0 Å². The largest absolute Gasteiger partial charge is 0.390 e. The number of benzene rings is 1. The number of amides is 1. The van der Waals surface area contributed by atoms with E-state index < -0.39 is 6.10 Å². The summed E-state index contributed by atoms with van der Waals surface area (Å²) < 4.78 is 5.28. The number of hydrogen-bond donors (Lipinski definition) is 2. The number of carbonyl (C=O) groups excluding carboxylic acids is 1. The minimum atomic E-state index is -0.544. The van der Waals surface area contributed by atoms with E-state index in [4.69, 9.17) is 4.74 Å². The second kappa shape index (κ2) is 6.68. The molecule has 1 aromatic rings. The fraction of sp³-hybridized carbons (Fsp3) is 0.533. The zero-order chi connectivity index (χ0) is 13.7. The average molecular weight is 263 g/mol. The van der Waals surface area contributed by atoms with Gasteiger partial charge in [0.1, 0.15) is 6.61 Å². The molecule has 19 heavy (non-hydrogen) atoms. The minimum Gasteiger partial charge on any atom is -0.390 e. The number of hydrogen-bond acceptors (Lipinski definition) is 3. The first-order chi connectivity index (χ1) is 9.22. The van der Waals surface area contributed by atoms with E-state index in [2.05, 4.69) is 12.2 Å². The lowest BCUT2D eigenvalue weighted by atomic mass is 10.1. The van der Waals surface area contributed by atoms with Crippen LogP contribution in [0.2, 0.25) is 0 Å². The van der Waals surface area contributed by atoms with E-state index >= 15 is 0 Å². The number of aliphatic hydroxyl groups is 1. The molecule has 2 rings (SSSR count). The van der Waals surface area contributed by atoms with Crippen LogP contribution in [0.4, 0.5) is 0 Å².